The topological polar surface area (TPSA) is 169 Å². The Hall–Kier alpha value is -2.84. The molecule has 0 radical (unpaired) electrons. The SMILES string of the molecule is [C-]#[N+]CCOP(O[C@H]1[C@@H](OCCOC)[C@H](n2cc(C)c(=O)n(COCc3ccccc3)c2=O)O[C@@H]1[C@@H](CP(C)(=O)OCC)OC(CC)COC(C)=O)N(C(C)C)C(C)C. The van der Waals surface area contributed by atoms with Gasteiger partial charge < -0.3 is 46.8 Å². The molecule has 1 fully saturated rings. The Bertz CT molecular complexity index is 1780. The summed E-state index contributed by atoms with van der Waals surface area (Å²) in [5, 5.41) is 0. The van der Waals surface area contributed by atoms with E-state index in [1.54, 1.807) is 13.8 Å². The molecule has 1 aliphatic heterocycles. The maximum Gasteiger partial charge on any atom is 0.335 e. The van der Waals surface area contributed by atoms with E-state index in [1.165, 1.54) is 31.5 Å². The van der Waals surface area contributed by atoms with Gasteiger partial charge in [-0.05, 0) is 53.5 Å². The van der Waals surface area contributed by atoms with Gasteiger partial charge in [0.05, 0.1) is 44.8 Å². The van der Waals surface area contributed by atoms with Crippen molar-refractivity contribution in [1.29, 1.82) is 0 Å². The van der Waals surface area contributed by atoms with Gasteiger partial charge in [0.2, 0.25) is 13.9 Å². The molecule has 3 rings (SSSR count). The highest BCUT2D eigenvalue weighted by molar-refractivity contribution is 7.58. The molecule has 0 amide bonds. The van der Waals surface area contributed by atoms with Crippen LogP contribution in [0.1, 0.15) is 72.2 Å². The molecule has 0 saturated carbocycles. The summed E-state index contributed by atoms with van der Waals surface area (Å²) in [7, 11) is -3.78. The first-order chi connectivity index (χ1) is 28.1. The standard InChI is InChI=1S/C40H64N4O13P2/c1-12-33(25-52-31(8)45)55-34(26-59(11,48)54-13-2)35-36(57-58(53-20-19-41-9)44(28(3)4)29(5)6)37(51-22-21-49-10)39(56-35)42-23-30(7)38(46)43(40(42)47)27-50-24-32-17-15-14-16-18-32/h14-18,23,28-29,33-37,39H,12-13,19-22,24-27H2,1-8,10-11H3/t33?,34-,35-,36-,37-,39-,58?,59?/m1/s1. The lowest BCUT2D eigenvalue weighted by Crippen LogP contribution is -2.47. The van der Waals surface area contributed by atoms with Crippen LogP contribution in [0.2, 0.25) is 0 Å². The minimum absolute atomic E-state index is 0.0521. The molecule has 0 bridgehead atoms. The lowest BCUT2D eigenvalue weighted by Gasteiger charge is -2.39. The zero-order valence-corrected chi connectivity index (χ0v) is 37.9. The first-order valence-electron chi connectivity index (χ1n) is 20.0. The summed E-state index contributed by atoms with van der Waals surface area (Å²) < 4.78 is 74.1. The van der Waals surface area contributed by atoms with Gasteiger partial charge >= 0.3 is 11.7 Å². The Morgan fingerprint density at radius 3 is 2.36 bits per heavy atom. The molecule has 0 N–H and O–H groups in total. The van der Waals surface area contributed by atoms with Crippen LogP contribution >= 0.6 is 15.9 Å². The van der Waals surface area contributed by atoms with Gasteiger partial charge in [0.15, 0.2) is 6.23 Å². The Balaban J connectivity index is 2.28. The molecule has 2 aromatic rings. The average Bonchev–Trinajstić information content (AvgIpc) is 3.52. The molecule has 1 aromatic heterocycles. The number of esters is 1. The predicted octanol–water partition coefficient (Wildman–Crippen LogP) is 5.76. The van der Waals surface area contributed by atoms with Gasteiger partial charge in [-0.3, -0.25) is 18.7 Å². The zero-order chi connectivity index (χ0) is 43.7. The molecule has 1 saturated heterocycles. The van der Waals surface area contributed by atoms with Crippen molar-refractivity contribution in [2.45, 2.75) is 124 Å². The number of aryl methyl sites for hydroxylation is 1. The fourth-order valence-corrected chi connectivity index (χ4v) is 9.96. The lowest BCUT2D eigenvalue weighted by molar-refractivity contribution is -0.154. The minimum atomic E-state index is -3.38. The Morgan fingerprint density at radius 1 is 1.07 bits per heavy atom. The molecule has 1 aromatic carbocycles. The highest BCUT2D eigenvalue weighted by atomic mass is 31.2. The van der Waals surface area contributed by atoms with E-state index in [0.717, 1.165) is 10.1 Å². The number of carbonyl (C=O) groups excluding carboxylic acids is 1. The van der Waals surface area contributed by atoms with Crippen LogP contribution in [-0.2, 0) is 64.7 Å². The highest BCUT2D eigenvalue weighted by Gasteiger charge is 2.54. The maximum absolute atomic E-state index is 14.4. The summed E-state index contributed by atoms with van der Waals surface area (Å²) in [5.74, 6) is -0.494. The smallest absolute Gasteiger partial charge is 0.335 e. The minimum Gasteiger partial charge on any atom is -0.463 e. The van der Waals surface area contributed by atoms with Gasteiger partial charge in [0, 0.05) is 44.5 Å². The van der Waals surface area contributed by atoms with Crippen LogP contribution in [0.15, 0.2) is 46.1 Å². The van der Waals surface area contributed by atoms with Crippen molar-refractivity contribution in [2.75, 3.05) is 59.5 Å². The second-order valence-electron chi connectivity index (χ2n) is 14.7. The van der Waals surface area contributed by atoms with Gasteiger partial charge in [-0.25, -0.2) is 20.6 Å². The van der Waals surface area contributed by atoms with E-state index in [1.807, 2.05) is 69.6 Å². The Labute approximate surface area is 349 Å². The number of aromatic nitrogens is 2. The third-order valence-corrected chi connectivity index (χ3v) is 13.2. The van der Waals surface area contributed by atoms with Crippen LogP contribution in [0.25, 0.3) is 4.85 Å². The molecular formula is C40H64N4O13P2. The quantitative estimate of drug-likeness (QED) is 0.0460. The number of benzene rings is 1. The molecule has 332 valence electrons. The number of rotatable bonds is 27. The fourth-order valence-electron chi connectivity index (χ4n) is 6.62. The summed E-state index contributed by atoms with van der Waals surface area (Å²) in [6.45, 7) is 23.7. The van der Waals surface area contributed by atoms with E-state index in [9.17, 15) is 18.9 Å². The largest absolute Gasteiger partial charge is 0.463 e. The molecule has 2 heterocycles. The summed E-state index contributed by atoms with van der Waals surface area (Å²) in [6.07, 6.45) is -4.50. The van der Waals surface area contributed by atoms with Crippen molar-refractivity contribution in [3.8, 4) is 0 Å². The van der Waals surface area contributed by atoms with Crippen LogP contribution < -0.4 is 11.2 Å². The second kappa shape index (κ2) is 25.2. The Kier molecular flexibility index (Phi) is 21.6. The Morgan fingerprint density at radius 2 is 1.76 bits per heavy atom. The van der Waals surface area contributed by atoms with E-state index in [4.69, 9.17) is 48.6 Å². The average molecular weight is 871 g/mol. The molecule has 0 aliphatic carbocycles. The van der Waals surface area contributed by atoms with Gasteiger partial charge in [0.1, 0.15) is 38.3 Å². The van der Waals surface area contributed by atoms with Crippen LogP contribution in [0.3, 0.4) is 0 Å². The van der Waals surface area contributed by atoms with Crippen molar-refractivity contribution in [2.24, 2.45) is 0 Å². The van der Waals surface area contributed by atoms with Crippen molar-refractivity contribution in [3.05, 3.63) is 79.9 Å². The zero-order valence-electron chi connectivity index (χ0n) is 36.1. The van der Waals surface area contributed by atoms with Crippen molar-refractivity contribution >= 4 is 21.9 Å². The monoisotopic (exact) mass is 870 g/mol. The first-order valence-corrected chi connectivity index (χ1v) is 23.4. The number of nitrogens with zero attached hydrogens (tertiary/aromatic N) is 4. The fraction of sp³-hybridized carbons (Fsp3) is 0.700. The lowest BCUT2D eigenvalue weighted by atomic mass is 10.1. The van der Waals surface area contributed by atoms with E-state index in [-0.39, 0.29) is 76.7 Å². The summed E-state index contributed by atoms with van der Waals surface area (Å²) in [5.41, 5.74) is -0.173. The molecule has 3 unspecified atom stereocenters. The third kappa shape index (κ3) is 15.2. The number of methoxy groups -OCH3 is 1. The van der Waals surface area contributed by atoms with Gasteiger partial charge in [-0.15, -0.1) is 0 Å². The van der Waals surface area contributed by atoms with E-state index < -0.39 is 69.9 Å². The summed E-state index contributed by atoms with van der Waals surface area (Å²) >= 11 is 0. The van der Waals surface area contributed by atoms with Crippen LogP contribution in [-0.4, -0.2) is 122 Å². The molecule has 1 aliphatic rings. The van der Waals surface area contributed by atoms with E-state index in [2.05, 4.69) is 4.85 Å². The van der Waals surface area contributed by atoms with Crippen LogP contribution in [0.5, 0.6) is 0 Å². The normalized spacial score (nSPS) is 20.7. The van der Waals surface area contributed by atoms with Crippen molar-refractivity contribution < 1.29 is 51.4 Å². The number of hydrogen-bond acceptors (Lipinski definition) is 14. The maximum atomic E-state index is 14.4. The first kappa shape index (κ1) is 50.5. The number of carbonyl (C=O) groups is 1. The summed E-state index contributed by atoms with van der Waals surface area (Å²) in [4.78, 5) is 43.3. The van der Waals surface area contributed by atoms with Crippen molar-refractivity contribution in [1.82, 2.24) is 13.8 Å². The molecule has 8 atom stereocenters. The predicted molar refractivity (Wildman–Crippen MR) is 223 cm³/mol. The van der Waals surface area contributed by atoms with Crippen molar-refractivity contribution in [3.63, 3.8) is 0 Å². The van der Waals surface area contributed by atoms with E-state index >= 15 is 0 Å². The molecular weight excluding hydrogens is 806 g/mol. The third-order valence-electron chi connectivity index (χ3n) is 9.23. The van der Waals surface area contributed by atoms with Gasteiger partial charge in [-0.1, -0.05) is 37.3 Å². The highest BCUT2D eigenvalue weighted by Crippen LogP contribution is 2.52. The molecule has 17 nitrogen and oxygen atoms in total. The van der Waals surface area contributed by atoms with E-state index in [0.29, 0.717) is 6.42 Å². The molecule has 19 heteroatoms. The molecule has 0 spiro atoms. The van der Waals surface area contributed by atoms with Gasteiger partial charge in [0.25, 0.3) is 14.1 Å². The number of ether oxygens (including phenoxy) is 6. The van der Waals surface area contributed by atoms with Gasteiger partial charge in [-0.2, -0.15) is 0 Å². The summed E-state index contributed by atoms with van der Waals surface area (Å²) in [6, 6.07) is 9.22. The van der Waals surface area contributed by atoms with Crippen LogP contribution in [0.4, 0.5) is 0 Å². The van der Waals surface area contributed by atoms with Crippen LogP contribution in [0, 0.1) is 13.5 Å². The second-order valence-corrected chi connectivity index (χ2v) is 18.8. The molecule has 59 heavy (non-hydrogen) atoms. The number of hydrogen-bond donors (Lipinski definition) is 0.